The van der Waals surface area contributed by atoms with E-state index in [0.717, 1.165) is 27.4 Å². The van der Waals surface area contributed by atoms with E-state index < -0.39 is 0 Å². The lowest BCUT2D eigenvalue weighted by Gasteiger charge is -2.01. The molecule has 0 bridgehead atoms. The number of nitrogen functional groups attached to an aromatic ring is 1. The number of methoxy groups -OCH3 is 1. The van der Waals surface area contributed by atoms with E-state index in [2.05, 4.69) is 17.7 Å². The molecule has 96 valence electrons. The summed E-state index contributed by atoms with van der Waals surface area (Å²) in [6, 6.07) is 13.4. The van der Waals surface area contributed by atoms with Crippen LogP contribution in [0.3, 0.4) is 0 Å². The van der Waals surface area contributed by atoms with Crippen molar-refractivity contribution >= 4 is 24.0 Å². The van der Waals surface area contributed by atoms with Gasteiger partial charge < -0.3 is 10.5 Å². The molecule has 0 saturated carbocycles. The van der Waals surface area contributed by atoms with Crippen LogP contribution < -0.4 is 10.5 Å². The first-order valence-electron chi connectivity index (χ1n) is 5.81. The smallest absolute Gasteiger partial charge is 0.125 e. The Morgan fingerprint density at radius 2 is 1.89 bits per heavy atom. The molecule has 19 heavy (non-hydrogen) atoms. The molecular weight excluding hydrogens is 258 g/mol. The lowest BCUT2D eigenvalue weighted by molar-refractivity contribution is 0.415. The van der Waals surface area contributed by atoms with Crippen LogP contribution in [0, 0.1) is 0 Å². The SMILES string of the molecule is COc1ccc(-c2nn3c(N)cccc3c2S)cc1. The highest BCUT2D eigenvalue weighted by Crippen LogP contribution is 2.31. The highest BCUT2D eigenvalue weighted by Gasteiger charge is 2.12. The minimum absolute atomic E-state index is 0.590. The second-order valence-corrected chi connectivity index (χ2v) is 4.62. The molecule has 0 aliphatic rings. The van der Waals surface area contributed by atoms with Gasteiger partial charge in [-0.15, -0.1) is 12.6 Å². The first-order chi connectivity index (χ1) is 9.20. The van der Waals surface area contributed by atoms with Crippen molar-refractivity contribution in [1.29, 1.82) is 0 Å². The number of aromatic nitrogens is 2. The van der Waals surface area contributed by atoms with Crippen molar-refractivity contribution in [2.45, 2.75) is 4.90 Å². The summed E-state index contributed by atoms with van der Waals surface area (Å²) in [4.78, 5) is 0.817. The standard InChI is InChI=1S/C14H13N3OS/c1-18-10-7-5-9(6-8-10)13-14(19)11-3-2-4-12(15)17(11)16-13/h2-8,19H,15H2,1H3. The number of rotatable bonds is 2. The average molecular weight is 271 g/mol. The Bertz CT molecular complexity index is 734. The zero-order valence-electron chi connectivity index (χ0n) is 10.4. The quantitative estimate of drug-likeness (QED) is 0.705. The van der Waals surface area contributed by atoms with Crippen LogP contribution in [0.15, 0.2) is 47.4 Å². The summed E-state index contributed by atoms with van der Waals surface area (Å²) in [5.41, 5.74) is 8.60. The van der Waals surface area contributed by atoms with Crippen LogP contribution in [0.25, 0.3) is 16.8 Å². The Balaban J connectivity index is 2.19. The fourth-order valence-corrected chi connectivity index (χ4v) is 2.36. The third-order valence-corrected chi connectivity index (χ3v) is 3.47. The van der Waals surface area contributed by atoms with Crippen molar-refractivity contribution in [2.24, 2.45) is 0 Å². The molecule has 0 aliphatic heterocycles. The Labute approximate surface area is 116 Å². The van der Waals surface area contributed by atoms with Crippen molar-refractivity contribution < 1.29 is 4.74 Å². The molecule has 5 heteroatoms. The lowest BCUT2D eigenvalue weighted by atomic mass is 10.1. The molecule has 2 aromatic heterocycles. The van der Waals surface area contributed by atoms with Crippen LogP contribution >= 0.6 is 12.6 Å². The summed E-state index contributed by atoms with van der Waals surface area (Å²) in [6.45, 7) is 0. The van der Waals surface area contributed by atoms with E-state index in [-0.39, 0.29) is 0 Å². The molecule has 0 spiro atoms. The number of benzene rings is 1. The largest absolute Gasteiger partial charge is 0.497 e. The van der Waals surface area contributed by atoms with E-state index in [1.165, 1.54) is 0 Å². The third-order valence-electron chi connectivity index (χ3n) is 3.02. The van der Waals surface area contributed by atoms with Crippen LogP contribution in [0.5, 0.6) is 5.75 Å². The number of hydrogen-bond donors (Lipinski definition) is 2. The molecule has 0 aliphatic carbocycles. The molecule has 3 aromatic rings. The number of ether oxygens (including phenoxy) is 1. The monoisotopic (exact) mass is 271 g/mol. The van der Waals surface area contributed by atoms with Gasteiger partial charge in [0, 0.05) is 5.56 Å². The van der Waals surface area contributed by atoms with E-state index >= 15 is 0 Å². The van der Waals surface area contributed by atoms with Crippen molar-refractivity contribution in [3.05, 3.63) is 42.5 Å². The molecule has 2 heterocycles. The third kappa shape index (κ3) is 1.92. The second-order valence-electron chi connectivity index (χ2n) is 4.17. The molecule has 0 saturated heterocycles. The van der Waals surface area contributed by atoms with Crippen molar-refractivity contribution in [3.63, 3.8) is 0 Å². The Morgan fingerprint density at radius 1 is 1.16 bits per heavy atom. The number of fused-ring (bicyclic) bond motifs is 1. The van der Waals surface area contributed by atoms with Gasteiger partial charge in [-0.3, -0.25) is 0 Å². The molecule has 0 unspecified atom stereocenters. The molecule has 0 amide bonds. The number of nitrogens with two attached hydrogens (primary N) is 1. The summed E-state index contributed by atoms with van der Waals surface area (Å²) in [5.74, 6) is 1.40. The van der Waals surface area contributed by atoms with Gasteiger partial charge in [0.05, 0.1) is 17.5 Å². The van der Waals surface area contributed by atoms with Crippen LogP contribution in [0.4, 0.5) is 5.82 Å². The van der Waals surface area contributed by atoms with Gasteiger partial charge >= 0.3 is 0 Å². The van der Waals surface area contributed by atoms with Gasteiger partial charge in [-0.2, -0.15) is 5.10 Å². The number of pyridine rings is 1. The van der Waals surface area contributed by atoms with Crippen molar-refractivity contribution in [2.75, 3.05) is 12.8 Å². The van der Waals surface area contributed by atoms with Crippen molar-refractivity contribution in [1.82, 2.24) is 9.61 Å². The molecule has 4 nitrogen and oxygen atoms in total. The van der Waals surface area contributed by atoms with Gasteiger partial charge in [-0.25, -0.2) is 4.52 Å². The first-order valence-corrected chi connectivity index (χ1v) is 6.26. The topological polar surface area (TPSA) is 52.5 Å². The molecule has 1 aromatic carbocycles. The average Bonchev–Trinajstić information content (AvgIpc) is 2.78. The number of thiol groups is 1. The number of hydrogen-bond acceptors (Lipinski definition) is 4. The Hall–Kier alpha value is -2.14. The van der Waals surface area contributed by atoms with Crippen LogP contribution in [-0.2, 0) is 0 Å². The van der Waals surface area contributed by atoms with E-state index in [9.17, 15) is 0 Å². The van der Waals surface area contributed by atoms with Crippen LogP contribution in [0.1, 0.15) is 0 Å². The fraction of sp³-hybridized carbons (Fsp3) is 0.0714. The number of anilines is 1. The maximum atomic E-state index is 5.91. The molecule has 2 N–H and O–H groups in total. The number of nitrogens with zero attached hydrogens (tertiary/aromatic N) is 2. The van der Waals surface area contributed by atoms with Gasteiger partial charge in [0.15, 0.2) is 0 Å². The second kappa shape index (κ2) is 4.51. The van der Waals surface area contributed by atoms with Gasteiger partial charge in [-0.05, 0) is 36.4 Å². The molecule has 0 radical (unpaired) electrons. The summed E-state index contributed by atoms with van der Waals surface area (Å²) in [6.07, 6.45) is 0. The Morgan fingerprint density at radius 3 is 2.53 bits per heavy atom. The minimum Gasteiger partial charge on any atom is -0.497 e. The van der Waals surface area contributed by atoms with E-state index in [0.29, 0.717) is 5.82 Å². The fourth-order valence-electron chi connectivity index (χ4n) is 2.02. The zero-order valence-corrected chi connectivity index (χ0v) is 11.3. The predicted molar refractivity (Wildman–Crippen MR) is 78.8 cm³/mol. The molecule has 0 atom stereocenters. The minimum atomic E-state index is 0.590. The summed E-state index contributed by atoms with van der Waals surface area (Å²) in [5, 5.41) is 4.51. The van der Waals surface area contributed by atoms with Crippen LogP contribution in [0.2, 0.25) is 0 Å². The molecule has 0 fully saturated rings. The molecular formula is C14H13N3OS. The maximum Gasteiger partial charge on any atom is 0.125 e. The highest BCUT2D eigenvalue weighted by atomic mass is 32.1. The summed E-state index contributed by atoms with van der Waals surface area (Å²) >= 11 is 4.55. The van der Waals surface area contributed by atoms with Crippen molar-refractivity contribution in [3.8, 4) is 17.0 Å². The van der Waals surface area contributed by atoms with Gasteiger partial charge in [0.2, 0.25) is 0 Å². The van der Waals surface area contributed by atoms with E-state index in [4.69, 9.17) is 10.5 Å². The van der Waals surface area contributed by atoms with Gasteiger partial charge in [0.25, 0.3) is 0 Å². The predicted octanol–water partition coefficient (Wildman–Crippen LogP) is 2.88. The van der Waals surface area contributed by atoms with Gasteiger partial charge in [0.1, 0.15) is 17.3 Å². The highest BCUT2D eigenvalue weighted by molar-refractivity contribution is 7.80. The van der Waals surface area contributed by atoms with Crippen LogP contribution in [-0.4, -0.2) is 16.7 Å². The van der Waals surface area contributed by atoms with E-state index in [1.54, 1.807) is 11.6 Å². The lowest BCUT2D eigenvalue weighted by Crippen LogP contribution is -1.97. The Kier molecular flexibility index (Phi) is 2.83. The first kappa shape index (κ1) is 11.9. The van der Waals surface area contributed by atoms with Gasteiger partial charge in [-0.1, -0.05) is 6.07 Å². The summed E-state index contributed by atoms with van der Waals surface area (Å²) < 4.78 is 6.84. The van der Waals surface area contributed by atoms with E-state index in [1.807, 2.05) is 42.5 Å². The maximum absolute atomic E-state index is 5.91. The normalized spacial score (nSPS) is 10.8. The zero-order chi connectivity index (χ0) is 13.4. The molecule has 3 rings (SSSR count). The summed E-state index contributed by atoms with van der Waals surface area (Å²) in [7, 11) is 1.64.